The highest BCUT2D eigenvalue weighted by Crippen LogP contribution is 2.27. The Morgan fingerprint density at radius 1 is 1.37 bits per heavy atom. The molecule has 1 aromatic carbocycles. The van der Waals surface area contributed by atoms with E-state index < -0.39 is 0 Å². The van der Waals surface area contributed by atoms with E-state index in [2.05, 4.69) is 31.1 Å². The smallest absolute Gasteiger partial charge is 0.348 e. The number of aryl methyl sites for hydroxylation is 1. The van der Waals surface area contributed by atoms with E-state index in [4.69, 9.17) is 4.74 Å². The average molecular weight is 321 g/mol. The predicted molar refractivity (Wildman–Crippen MR) is 72.6 cm³/mol. The molecule has 2 aromatic heterocycles. The maximum Gasteiger partial charge on any atom is 0.348 e. The number of aromatic nitrogens is 4. The van der Waals surface area contributed by atoms with Crippen LogP contribution in [-0.2, 0) is 0 Å². The molecule has 6 nitrogen and oxygen atoms in total. The Hall–Kier alpha value is -2.15. The Labute approximate surface area is 116 Å². The van der Waals surface area contributed by atoms with Crippen LogP contribution in [0.2, 0.25) is 0 Å². The van der Waals surface area contributed by atoms with Gasteiger partial charge in [-0.2, -0.15) is 5.10 Å². The summed E-state index contributed by atoms with van der Waals surface area (Å²) in [6, 6.07) is 7.33. The molecular formula is C12H9BrN4O2. The molecule has 0 aliphatic rings. The Bertz CT molecular complexity index is 809. The van der Waals surface area contributed by atoms with Crippen LogP contribution in [0.3, 0.4) is 0 Å². The highest BCUT2D eigenvalue weighted by atomic mass is 79.9. The minimum Gasteiger partial charge on any atom is -0.439 e. The first kappa shape index (κ1) is 11.9. The van der Waals surface area contributed by atoms with E-state index in [0.29, 0.717) is 17.3 Å². The molecule has 19 heavy (non-hydrogen) atoms. The fraction of sp³-hybridized carbons (Fsp3) is 0.0833. The molecule has 2 heterocycles. The third-order valence-corrected chi connectivity index (χ3v) is 3.14. The van der Waals surface area contributed by atoms with E-state index in [1.54, 1.807) is 6.07 Å². The summed E-state index contributed by atoms with van der Waals surface area (Å²) in [6.07, 6.45) is 1.38. The fourth-order valence-electron chi connectivity index (χ4n) is 1.64. The number of aromatic amines is 1. The van der Waals surface area contributed by atoms with E-state index in [0.717, 1.165) is 10.0 Å². The lowest BCUT2D eigenvalue weighted by Gasteiger charge is -2.07. The quantitative estimate of drug-likeness (QED) is 0.786. The largest absolute Gasteiger partial charge is 0.439 e. The Morgan fingerprint density at radius 3 is 3.05 bits per heavy atom. The molecule has 0 atom stereocenters. The Kier molecular flexibility index (Phi) is 2.83. The van der Waals surface area contributed by atoms with Gasteiger partial charge in [0.25, 0.3) is 0 Å². The topological polar surface area (TPSA) is 72.3 Å². The number of fused-ring (bicyclic) bond motifs is 1. The van der Waals surface area contributed by atoms with E-state index in [1.807, 2.05) is 25.1 Å². The summed E-state index contributed by atoms with van der Waals surface area (Å²) in [7, 11) is 0. The number of hydrogen-bond acceptors (Lipinski definition) is 4. The first-order valence-corrected chi connectivity index (χ1v) is 6.29. The normalized spacial score (nSPS) is 10.8. The van der Waals surface area contributed by atoms with Gasteiger partial charge in [0.2, 0.25) is 5.88 Å². The number of ether oxygens (including phenoxy) is 1. The highest BCUT2D eigenvalue weighted by Gasteiger charge is 2.06. The van der Waals surface area contributed by atoms with Crippen LogP contribution in [0.1, 0.15) is 5.56 Å². The molecule has 3 rings (SSSR count). The van der Waals surface area contributed by atoms with Gasteiger partial charge in [-0.15, -0.1) is 0 Å². The van der Waals surface area contributed by atoms with Crippen molar-refractivity contribution in [3.05, 3.63) is 51.1 Å². The molecule has 96 valence electrons. The lowest BCUT2D eigenvalue weighted by atomic mass is 10.2. The summed E-state index contributed by atoms with van der Waals surface area (Å²) in [5, 5.41) is 6.20. The number of rotatable bonds is 2. The molecule has 7 heteroatoms. The molecule has 0 unspecified atom stereocenters. The van der Waals surface area contributed by atoms with Gasteiger partial charge in [-0.25, -0.2) is 19.3 Å². The lowest BCUT2D eigenvalue weighted by molar-refractivity contribution is 0.458. The molecule has 0 saturated carbocycles. The zero-order chi connectivity index (χ0) is 13.4. The van der Waals surface area contributed by atoms with Crippen molar-refractivity contribution in [1.29, 1.82) is 0 Å². The summed E-state index contributed by atoms with van der Waals surface area (Å²) >= 11 is 3.39. The minimum atomic E-state index is -0.326. The monoisotopic (exact) mass is 320 g/mol. The predicted octanol–water partition coefficient (Wildman–Crippen LogP) is 2.28. The molecular weight excluding hydrogens is 312 g/mol. The van der Waals surface area contributed by atoms with E-state index >= 15 is 0 Å². The van der Waals surface area contributed by atoms with Crippen LogP contribution < -0.4 is 10.4 Å². The van der Waals surface area contributed by atoms with Crippen LogP contribution in [0, 0.1) is 6.92 Å². The first-order valence-electron chi connectivity index (χ1n) is 5.50. The van der Waals surface area contributed by atoms with Crippen molar-refractivity contribution in [2.24, 2.45) is 0 Å². The summed E-state index contributed by atoms with van der Waals surface area (Å²) in [5.41, 5.74) is 1.12. The van der Waals surface area contributed by atoms with Crippen LogP contribution in [0.5, 0.6) is 11.6 Å². The number of halogens is 1. The van der Waals surface area contributed by atoms with Gasteiger partial charge in [0.1, 0.15) is 12.1 Å². The molecule has 0 aliphatic heterocycles. The Morgan fingerprint density at radius 2 is 2.21 bits per heavy atom. The fourth-order valence-corrected chi connectivity index (χ4v) is 1.99. The van der Waals surface area contributed by atoms with Gasteiger partial charge in [0, 0.05) is 10.5 Å². The van der Waals surface area contributed by atoms with E-state index in [-0.39, 0.29) is 5.69 Å². The standard InChI is InChI=1S/C12H9BrN4O2/c1-7-2-3-8(13)4-9(7)19-11-5-10-15-16-12(18)17(10)6-14-11/h2-6H,1H3,(H,16,18). The van der Waals surface area contributed by atoms with E-state index in [9.17, 15) is 4.79 Å². The average Bonchev–Trinajstić information content (AvgIpc) is 2.75. The van der Waals surface area contributed by atoms with Crippen LogP contribution in [0.4, 0.5) is 0 Å². The minimum absolute atomic E-state index is 0.326. The van der Waals surface area contributed by atoms with Crippen molar-refractivity contribution in [1.82, 2.24) is 19.6 Å². The first-order chi connectivity index (χ1) is 9.13. The van der Waals surface area contributed by atoms with Gasteiger partial charge < -0.3 is 4.74 Å². The van der Waals surface area contributed by atoms with Crippen LogP contribution in [0.25, 0.3) is 5.65 Å². The molecule has 1 N–H and O–H groups in total. The van der Waals surface area contributed by atoms with Crippen LogP contribution in [0.15, 0.2) is 39.9 Å². The lowest BCUT2D eigenvalue weighted by Crippen LogP contribution is -2.09. The van der Waals surface area contributed by atoms with Crippen molar-refractivity contribution in [2.75, 3.05) is 0 Å². The number of hydrogen-bond donors (Lipinski definition) is 1. The maximum atomic E-state index is 11.3. The molecule has 0 spiro atoms. The molecule has 0 fully saturated rings. The summed E-state index contributed by atoms with van der Waals surface area (Å²) < 4.78 is 7.92. The van der Waals surface area contributed by atoms with Gasteiger partial charge in [0.05, 0.1) is 0 Å². The maximum absolute atomic E-state index is 11.3. The van der Waals surface area contributed by atoms with Gasteiger partial charge in [-0.3, -0.25) is 0 Å². The van der Waals surface area contributed by atoms with Gasteiger partial charge in [-0.05, 0) is 24.6 Å². The zero-order valence-corrected chi connectivity index (χ0v) is 11.5. The molecule has 0 amide bonds. The van der Waals surface area contributed by atoms with E-state index in [1.165, 1.54) is 10.7 Å². The third kappa shape index (κ3) is 2.24. The van der Waals surface area contributed by atoms with Gasteiger partial charge in [-0.1, -0.05) is 22.0 Å². The van der Waals surface area contributed by atoms with Crippen molar-refractivity contribution in [3.63, 3.8) is 0 Å². The number of benzene rings is 1. The highest BCUT2D eigenvalue weighted by molar-refractivity contribution is 9.10. The van der Waals surface area contributed by atoms with Gasteiger partial charge >= 0.3 is 5.69 Å². The van der Waals surface area contributed by atoms with Crippen molar-refractivity contribution < 1.29 is 4.74 Å². The van der Waals surface area contributed by atoms with Crippen LogP contribution in [-0.4, -0.2) is 19.6 Å². The zero-order valence-electron chi connectivity index (χ0n) is 9.92. The summed E-state index contributed by atoms with van der Waals surface area (Å²) in [4.78, 5) is 15.4. The second-order valence-electron chi connectivity index (χ2n) is 4.00. The van der Waals surface area contributed by atoms with Crippen molar-refractivity contribution in [2.45, 2.75) is 6.92 Å². The third-order valence-electron chi connectivity index (χ3n) is 2.65. The number of nitrogens with zero attached hydrogens (tertiary/aromatic N) is 3. The number of H-pyrrole nitrogens is 1. The molecule has 3 aromatic rings. The van der Waals surface area contributed by atoms with Crippen LogP contribution >= 0.6 is 15.9 Å². The molecule has 0 radical (unpaired) electrons. The molecule has 0 aliphatic carbocycles. The molecule has 0 bridgehead atoms. The molecule has 0 saturated heterocycles. The van der Waals surface area contributed by atoms with Gasteiger partial charge in [0.15, 0.2) is 5.65 Å². The second kappa shape index (κ2) is 4.51. The van der Waals surface area contributed by atoms with Crippen molar-refractivity contribution >= 4 is 21.6 Å². The second-order valence-corrected chi connectivity index (χ2v) is 4.91. The Balaban J connectivity index is 2.01. The summed E-state index contributed by atoms with van der Waals surface area (Å²) in [6.45, 7) is 1.94. The van der Waals surface area contributed by atoms with Crippen molar-refractivity contribution in [3.8, 4) is 11.6 Å². The number of nitrogens with one attached hydrogen (secondary N) is 1. The SMILES string of the molecule is Cc1ccc(Br)cc1Oc1cc2n[nH]c(=O)n2cn1. The summed E-state index contributed by atoms with van der Waals surface area (Å²) in [5.74, 6) is 1.08.